The minimum absolute atomic E-state index is 0.134. The van der Waals surface area contributed by atoms with Crippen LogP contribution >= 0.6 is 11.6 Å². The van der Waals surface area contributed by atoms with Crippen molar-refractivity contribution in [1.82, 2.24) is 9.03 Å². The molecule has 0 saturated carbocycles. The third-order valence-electron chi connectivity index (χ3n) is 3.05. The van der Waals surface area contributed by atoms with Crippen LogP contribution in [0.4, 0.5) is 4.39 Å². The molecule has 0 spiro atoms. The van der Waals surface area contributed by atoms with Gasteiger partial charge in [-0.25, -0.2) is 9.11 Å². The number of hydrogen-bond donors (Lipinski definition) is 1. The highest BCUT2D eigenvalue weighted by Crippen LogP contribution is 2.20. The highest BCUT2D eigenvalue weighted by atomic mass is 35.5. The second-order valence-corrected chi connectivity index (χ2v) is 7.95. The van der Waals surface area contributed by atoms with Crippen LogP contribution in [0.2, 0.25) is 5.02 Å². The average molecular weight is 367 g/mol. The first kappa shape index (κ1) is 20.3. The summed E-state index contributed by atoms with van der Waals surface area (Å²) in [5, 5.41) is 0.203. The Labute approximate surface area is 143 Å². The van der Waals surface area contributed by atoms with E-state index in [1.165, 1.54) is 25.2 Å². The number of rotatable bonds is 10. The van der Waals surface area contributed by atoms with Gasteiger partial charge in [-0.15, -0.1) is 0 Å². The van der Waals surface area contributed by atoms with E-state index in [1.54, 1.807) is 0 Å². The smallest absolute Gasteiger partial charge is 0.279 e. The zero-order valence-electron chi connectivity index (χ0n) is 13.7. The molecule has 8 heteroatoms. The molecule has 0 bridgehead atoms. The van der Waals surface area contributed by atoms with Crippen molar-refractivity contribution in [2.75, 3.05) is 26.8 Å². The first-order chi connectivity index (χ1) is 10.7. The van der Waals surface area contributed by atoms with Gasteiger partial charge in [0.25, 0.3) is 10.2 Å². The number of hydrogen-bond acceptors (Lipinski definition) is 3. The molecule has 0 aliphatic carbocycles. The van der Waals surface area contributed by atoms with Gasteiger partial charge in [0.1, 0.15) is 5.82 Å². The monoisotopic (exact) mass is 366 g/mol. The van der Waals surface area contributed by atoms with Gasteiger partial charge in [-0.1, -0.05) is 31.5 Å². The minimum atomic E-state index is -3.69. The Morgan fingerprint density at radius 3 is 2.70 bits per heavy atom. The molecular weight excluding hydrogens is 343 g/mol. The summed E-state index contributed by atoms with van der Waals surface area (Å²) in [4.78, 5) is 0. The Morgan fingerprint density at radius 2 is 2.09 bits per heavy atom. The summed E-state index contributed by atoms with van der Waals surface area (Å²) >= 11 is 5.91. The number of nitrogens with zero attached hydrogens (tertiary/aromatic N) is 1. The van der Waals surface area contributed by atoms with E-state index in [0.717, 1.165) is 4.31 Å². The van der Waals surface area contributed by atoms with Crippen LogP contribution in [0.5, 0.6) is 0 Å². The van der Waals surface area contributed by atoms with Gasteiger partial charge >= 0.3 is 0 Å². The molecule has 0 amide bonds. The van der Waals surface area contributed by atoms with Crippen LogP contribution in [-0.4, -0.2) is 39.5 Å². The fourth-order valence-corrected chi connectivity index (χ4v) is 2.94. The van der Waals surface area contributed by atoms with Gasteiger partial charge in [0.15, 0.2) is 0 Å². The largest absolute Gasteiger partial charge is 0.381 e. The van der Waals surface area contributed by atoms with E-state index < -0.39 is 16.0 Å². The summed E-state index contributed by atoms with van der Waals surface area (Å²) in [7, 11) is -2.32. The lowest BCUT2D eigenvalue weighted by molar-refractivity contribution is 0.108. The van der Waals surface area contributed by atoms with Crippen molar-refractivity contribution in [2.24, 2.45) is 5.92 Å². The predicted octanol–water partition coefficient (Wildman–Crippen LogP) is 2.81. The van der Waals surface area contributed by atoms with Crippen molar-refractivity contribution in [3.8, 4) is 0 Å². The third-order valence-corrected chi connectivity index (χ3v) is 4.93. The first-order valence-electron chi connectivity index (χ1n) is 7.45. The zero-order valence-corrected chi connectivity index (χ0v) is 15.3. The number of ether oxygens (including phenoxy) is 1. The van der Waals surface area contributed by atoms with Crippen LogP contribution in [0.1, 0.15) is 25.8 Å². The number of nitrogens with one attached hydrogen (secondary N) is 1. The van der Waals surface area contributed by atoms with Crippen LogP contribution in [0, 0.1) is 11.7 Å². The average Bonchev–Trinajstić information content (AvgIpc) is 2.46. The molecule has 0 aliphatic heterocycles. The highest BCUT2D eigenvalue weighted by Gasteiger charge is 2.20. The summed E-state index contributed by atoms with van der Waals surface area (Å²) in [5.41, 5.74) is 0.155. The fraction of sp³-hybridized carbons (Fsp3) is 0.600. The summed E-state index contributed by atoms with van der Waals surface area (Å²) in [6.07, 6.45) is 0.570. The Kier molecular flexibility index (Phi) is 8.42. The molecule has 0 atom stereocenters. The van der Waals surface area contributed by atoms with Crippen molar-refractivity contribution in [1.29, 1.82) is 0 Å². The van der Waals surface area contributed by atoms with Gasteiger partial charge < -0.3 is 4.74 Å². The van der Waals surface area contributed by atoms with Gasteiger partial charge in [-0.05, 0) is 24.5 Å². The molecule has 1 aromatic rings. The number of benzene rings is 1. The molecule has 132 valence electrons. The zero-order chi connectivity index (χ0) is 17.5. The van der Waals surface area contributed by atoms with Gasteiger partial charge in [0.2, 0.25) is 0 Å². The van der Waals surface area contributed by atoms with Gasteiger partial charge in [0, 0.05) is 43.9 Å². The maximum absolute atomic E-state index is 13.7. The van der Waals surface area contributed by atoms with E-state index in [1.807, 2.05) is 13.8 Å². The van der Waals surface area contributed by atoms with Crippen LogP contribution in [0.15, 0.2) is 18.2 Å². The summed E-state index contributed by atoms with van der Waals surface area (Å²) < 4.78 is 46.8. The molecule has 0 aromatic heterocycles. The van der Waals surface area contributed by atoms with Crippen molar-refractivity contribution in [3.05, 3.63) is 34.6 Å². The van der Waals surface area contributed by atoms with Crippen molar-refractivity contribution < 1.29 is 17.5 Å². The van der Waals surface area contributed by atoms with E-state index in [-0.39, 0.29) is 23.7 Å². The number of halogens is 2. The Hall–Kier alpha value is -0.730. The molecule has 1 rings (SSSR count). The molecule has 0 heterocycles. The van der Waals surface area contributed by atoms with Crippen LogP contribution < -0.4 is 4.72 Å². The maximum Gasteiger partial charge on any atom is 0.279 e. The molecule has 0 saturated heterocycles. The minimum Gasteiger partial charge on any atom is -0.381 e. The van der Waals surface area contributed by atoms with Crippen LogP contribution in [0.3, 0.4) is 0 Å². The molecule has 0 fully saturated rings. The van der Waals surface area contributed by atoms with Gasteiger partial charge in [0.05, 0.1) is 0 Å². The third kappa shape index (κ3) is 7.14. The van der Waals surface area contributed by atoms with Crippen molar-refractivity contribution in [3.63, 3.8) is 0 Å². The fourth-order valence-electron chi connectivity index (χ4n) is 1.80. The molecule has 23 heavy (non-hydrogen) atoms. The quantitative estimate of drug-likeness (QED) is 0.648. The topological polar surface area (TPSA) is 58.6 Å². The maximum atomic E-state index is 13.7. The highest BCUT2D eigenvalue weighted by molar-refractivity contribution is 7.87. The molecule has 5 nitrogen and oxygen atoms in total. The Morgan fingerprint density at radius 1 is 1.39 bits per heavy atom. The molecule has 1 aromatic carbocycles. The predicted molar refractivity (Wildman–Crippen MR) is 90.1 cm³/mol. The van der Waals surface area contributed by atoms with Crippen LogP contribution in [-0.2, 0) is 21.5 Å². The lowest BCUT2D eigenvalue weighted by atomic mass is 10.2. The second-order valence-electron chi connectivity index (χ2n) is 5.68. The van der Waals surface area contributed by atoms with Gasteiger partial charge in [-0.2, -0.15) is 12.7 Å². The van der Waals surface area contributed by atoms with E-state index in [9.17, 15) is 12.8 Å². The van der Waals surface area contributed by atoms with Crippen LogP contribution in [0.25, 0.3) is 0 Å². The Bertz CT molecular complexity index is 576. The summed E-state index contributed by atoms with van der Waals surface area (Å²) in [6.45, 7) is 5.36. The SMILES string of the molecule is CC(C)COCCCNS(=O)(=O)N(C)Cc1c(F)cccc1Cl. The molecule has 0 unspecified atom stereocenters. The Balaban J connectivity index is 2.46. The lowest BCUT2D eigenvalue weighted by Gasteiger charge is -2.18. The normalized spacial score (nSPS) is 12.3. The second kappa shape index (κ2) is 9.54. The van der Waals surface area contributed by atoms with Crippen molar-refractivity contribution >= 4 is 21.8 Å². The van der Waals surface area contributed by atoms with E-state index in [0.29, 0.717) is 25.6 Å². The van der Waals surface area contributed by atoms with Gasteiger partial charge in [-0.3, -0.25) is 0 Å². The van der Waals surface area contributed by atoms with E-state index in [4.69, 9.17) is 16.3 Å². The first-order valence-corrected chi connectivity index (χ1v) is 9.27. The van der Waals surface area contributed by atoms with E-state index >= 15 is 0 Å². The summed E-state index contributed by atoms with van der Waals surface area (Å²) in [5.74, 6) is -0.0787. The van der Waals surface area contributed by atoms with E-state index in [2.05, 4.69) is 4.72 Å². The molecular formula is C15H24ClFN2O3S. The lowest BCUT2D eigenvalue weighted by Crippen LogP contribution is -2.38. The standard InChI is InChI=1S/C15H24ClFN2O3S/c1-12(2)11-22-9-5-8-18-23(20,21)19(3)10-13-14(16)6-4-7-15(13)17/h4,6-7,12,18H,5,8-11H2,1-3H3. The van der Waals surface area contributed by atoms with Crippen molar-refractivity contribution in [2.45, 2.75) is 26.8 Å². The molecule has 0 radical (unpaired) electrons. The molecule has 1 N–H and O–H groups in total. The molecule has 0 aliphatic rings. The summed E-state index contributed by atoms with van der Waals surface area (Å²) in [6, 6.07) is 4.26.